The van der Waals surface area contributed by atoms with Crippen LogP contribution < -0.4 is 5.32 Å². The van der Waals surface area contributed by atoms with E-state index in [2.05, 4.69) is 20.3 Å². The lowest BCUT2D eigenvalue weighted by Crippen LogP contribution is -2.53. The fraction of sp³-hybridized carbons (Fsp3) is 0.722. The molecule has 1 aliphatic heterocycles. The average Bonchev–Trinajstić information content (AvgIpc) is 2.93. The summed E-state index contributed by atoms with van der Waals surface area (Å²) in [4.78, 5) is 30.8. The van der Waals surface area contributed by atoms with Gasteiger partial charge >= 0.3 is 0 Å². The third-order valence-corrected chi connectivity index (χ3v) is 4.49. The van der Waals surface area contributed by atoms with Crippen molar-refractivity contribution in [2.75, 3.05) is 44.6 Å². The molecule has 8 heteroatoms. The van der Waals surface area contributed by atoms with Gasteiger partial charge in [0.05, 0.1) is 13.1 Å². The molecule has 0 unspecified atom stereocenters. The second-order valence-corrected chi connectivity index (χ2v) is 7.41. The third-order valence-electron chi connectivity index (χ3n) is 4.49. The Labute approximate surface area is 155 Å². The summed E-state index contributed by atoms with van der Waals surface area (Å²) in [5, 5.41) is 6.50. The van der Waals surface area contributed by atoms with Crippen molar-refractivity contribution in [1.29, 1.82) is 0 Å². The fourth-order valence-electron chi connectivity index (χ4n) is 3.36. The average molecular weight is 365 g/mol. The minimum absolute atomic E-state index is 0.103. The number of aryl methyl sites for hydroxylation is 1. The summed E-state index contributed by atoms with van der Waals surface area (Å²) in [7, 11) is 0. The van der Waals surface area contributed by atoms with Crippen LogP contribution in [-0.4, -0.2) is 83.0 Å². The lowest BCUT2D eigenvalue weighted by atomic mass is 10.2. The predicted octanol–water partition coefficient (Wildman–Crippen LogP) is 1.18. The zero-order chi connectivity index (χ0) is 19.3. The van der Waals surface area contributed by atoms with Crippen molar-refractivity contribution in [2.24, 2.45) is 0 Å². The molecule has 2 amide bonds. The van der Waals surface area contributed by atoms with Crippen molar-refractivity contribution < 1.29 is 14.1 Å². The number of carbonyl (C=O) groups excluding carboxylic acids is 2. The van der Waals surface area contributed by atoms with Crippen LogP contribution in [0, 0.1) is 6.92 Å². The maximum absolute atomic E-state index is 12.5. The summed E-state index contributed by atoms with van der Waals surface area (Å²) < 4.78 is 4.94. The topological polar surface area (TPSA) is 81.9 Å². The van der Waals surface area contributed by atoms with Crippen LogP contribution >= 0.6 is 0 Å². The standard InChI is InChI=1S/C18H31N5O3/c1-13(2)23(14(3)4)18(25)12-22-8-6-21(7-9-22)11-17(24)19-16-10-15(5)26-20-16/h10,13-14H,6-9,11-12H2,1-5H3,(H,19,20,24). The van der Waals surface area contributed by atoms with E-state index in [1.807, 2.05) is 32.6 Å². The van der Waals surface area contributed by atoms with E-state index in [0.29, 0.717) is 24.7 Å². The summed E-state index contributed by atoms with van der Waals surface area (Å²) in [6, 6.07) is 2.09. The minimum Gasteiger partial charge on any atom is -0.360 e. The summed E-state index contributed by atoms with van der Waals surface area (Å²) in [5.74, 6) is 1.17. The van der Waals surface area contributed by atoms with Gasteiger partial charge in [-0.05, 0) is 34.6 Å². The zero-order valence-corrected chi connectivity index (χ0v) is 16.5. The third kappa shape index (κ3) is 5.81. The largest absolute Gasteiger partial charge is 0.360 e. The molecule has 1 fully saturated rings. The van der Waals surface area contributed by atoms with Crippen LogP contribution in [0.4, 0.5) is 5.82 Å². The van der Waals surface area contributed by atoms with Crippen molar-refractivity contribution in [1.82, 2.24) is 19.9 Å². The predicted molar refractivity (Wildman–Crippen MR) is 99.9 cm³/mol. The number of anilines is 1. The van der Waals surface area contributed by atoms with Gasteiger partial charge in [-0.25, -0.2) is 0 Å². The van der Waals surface area contributed by atoms with E-state index < -0.39 is 0 Å². The van der Waals surface area contributed by atoms with Crippen LogP contribution in [0.2, 0.25) is 0 Å². The molecule has 0 spiro atoms. The van der Waals surface area contributed by atoms with Crippen molar-refractivity contribution in [3.8, 4) is 0 Å². The first-order chi connectivity index (χ1) is 12.3. The Balaban J connectivity index is 1.74. The van der Waals surface area contributed by atoms with Gasteiger partial charge in [0.15, 0.2) is 5.82 Å². The summed E-state index contributed by atoms with van der Waals surface area (Å²) in [6.07, 6.45) is 0. The van der Waals surface area contributed by atoms with Gasteiger partial charge in [0.25, 0.3) is 0 Å². The molecule has 0 bridgehead atoms. The van der Waals surface area contributed by atoms with Crippen molar-refractivity contribution in [3.05, 3.63) is 11.8 Å². The zero-order valence-electron chi connectivity index (χ0n) is 16.5. The van der Waals surface area contributed by atoms with E-state index >= 15 is 0 Å². The van der Waals surface area contributed by atoms with E-state index in [0.717, 1.165) is 26.2 Å². The highest BCUT2D eigenvalue weighted by molar-refractivity contribution is 5.91. The molecule has 0 aromatic carbocycles. The number of carbonyl (C=O) groups is 2. The molecule has 1 N–H and O–H groups in total. The highest BCUT2D eigenvalue weighted by atomic mass is 16.5. The van der Waals surface area contributed by atoms with Gasteiger partial charge < -0.3 is 14.7 Å². The van der Waals surface area contributed by atoms with Crippen LogP contribution in [0.25, 0.3) is 0 Å². The molecule has 0 atom stereocenters. The second kappa shape index (κ2) is 9.14. The van der Waals surface area contributed by atoms with Crippen molar-refractivity contribution >= 4 is 17.6 Å². The summed E-state index contributed by atoms with van der Waals surface area (Å²) in [6.45, 7) is 13.8. The lowest BCUT2D eigenvalue weighted by Gasteiger charge is -2.37. The molecule has 8 nitrogen and oxygen atoms in total. The fourth-order valence-corrected chi connectivity index (χ4v) is 3.36. The molecule has 146 valence electrons. The number of aromatic nitrogens is 1. The molecule has 2 heterocycles. The number of hydrogen-bond donors (Lipinski definition) is 1. The Bertz CT molecular complexity index is 598. The smallest absolute Gasteiger partial charge is 0.239 e. The summed E-state index contributed by atoms with van der Waals surface area (Å²) >= 11 is 0. The van der Waals surface area contributed by atoms with Gasteiger partial charge in [-0.2, -0.15) is 0 Å². The van der Waals surface area contributed by atoms with Crippen molar-refractivity contribution in [2.45, 2.75) is 46.7 Å². The highest BCUT2D eigenvalue weighted by Crippen LogP contribution is 2.10. The Kier molecular flexibility index (Phi) is 7.16. The number of nitrogens with zero attached hydrogens (tertiary/aromatic N) is 4. The van der Waals surface area contributed by atoms with Crippen LogP contribution in [0.15, 0.2) is 10.6 Å². The van der Waals surface area contributed by atoms with Crippen LogP contribution in [-0.2, 0) is 9.59 Å². The van der Waals surface area contributed by atoms with Gasteiger partial charge in [-0.1, -0.05) is 5.16 Å². The van der Waals surface area contributed by atoms with E-state index in [1.165, 1.54) is 0 Å². The number of piperazine rings is 1. The molecule has 26 heavy (non-hydrogen) atoms. The Morgan fingerprint density at radius 3 is 2.12 bits per heavy atom. The van der Waals surface area contributed by atoms with Crippen LogP contribution in [0.3, 0.4) is 0 Å². The van der Waals surface area contributed by atoms with Crippen LogP contribution in [0.1, 0.15) is 33.5 Å². The van der Waals surface area contributed by atoms with Gasteiger partial charge in [0.2, 0.25) is 11.8 Å². The van der Waals surface area contributed by atoms with Gasteiger partial charge in [-0.3, -0.25) is 19.4 Å². The van der Waals surface area contributed by atoms with E-state index in [-0.39, 0.29) is 23.9 Å². The van der Waals surface area contributed by atoms with Crippen molar-refractivity contribution in [3.63, 3.8) is 0 Å². The number of rotatable bonds is 7. The molecule has 0 radical (unpaired) electrons. The highest BCUT2D eigenvalue weighted by Gasteiger charge is 2.25. The van der Waals surface area contributed by atoms with Gasteiger partial charge in [-0.15, -0.1) is 0 Å². The molecular formula is C18H31N5O3. The molecule has 0 aliphatic carbocycles. The SMILES string of the molecule is Cc1cc(NC(=O)CN2CCN(CC(=O)N(C(C)C)C(C)C)CC2)no1. The Hall–Kier alpha value is -1.93. The van der Waals surface area contributed by atoms with E-state index in [1.54, 1.807) is 13.0 Å². The molecular weight excluding hydrogens is 334 g/mol. The maximum Gasteiger partial charge on any atom is 0.239 e. The normalized spacial score (nSPS) is 16.3. The van der Waals surface area contributed by atoms with Gasteiger partial charge in [0, 0.05) is 44.3 Å². The summed E-state index contributed by atoms with van der Waals surface area (Å²) in [5.41, 5.74) is 0. The number of amides is 2. The lowest BCUT2D eigenvalue weighted by molar-refractivity contribution is -0.136. The minimum atomic E-state index is -0.103. The molecule has 1 saturated heterocycles. The monoisotopic (exact) mass is 365 g/mol. The Morgan fingerprint density at radius 1 is 1.12 bits per heavy atom. The number of hydrogen-bond acceptors (Lipinski definition) is 6. The second-order valence-electron chi connectivity index (χ2n) is 7.41. The molecule has 1 aromatic rings. The first-order valence-corrected chi connectivity index (χ1v) is 9.25. The van der Waals surface area contributed by atoms with Crippen LogP contribution in [0.5, 0.6) is 0 Å². The molecule has 1 aromatic heterocycles. The molecule has 1 aliphatic rings. The first kappa shape index (κ1) is 20.4. The van der Waals surface area contributed by atoms with Gasteiger partial charge in [0.1, 0.15) is 5.76 Å². The Morgan fingerprint density at radius 2 is 1.65 bits per heavy atom. The molecule has 2 rings (SSSR count). The molecule has 0 saturated carbocycles. The number of nitrogens with one attached hydrogen (secondary N) is 1. The maximum atomic E-state index is 12.5. The first-order valence-electron chi connectivity index (χ1n) is 9.25. The van der Waals surface area contributed by atoms with E-state index in [9.17, 15) is 9.59 Å². The van der Waals surface area contributed by atoms with E-state index in [4.69, 9.17) is 4.52 Å². The quantitative estimate of drug-likeness (QED) is 0.781.